The molecular formula is C9H17O4-. The first-order chi connectivity index (χ1) is 6.20. The number of aliphatic hydroxyl groups is 2. The van der Waals surface area contributed by atoms with Gasteiger partial charge in [0, 0.05) is 6.42 Å². The van der Waals surface area contributed by atoms with Gasteiger partial charge in [-0.2, -0.15) is 6.42 Å². The van der Waals surface area contributed by atoms with Crippen molar-refractivity contribution in [2.24, 2.45) is 0 Å². The molecule has 0 rings (SSSR count). The lowest BCUT2D eigenvalue weighted by Crippen LogP contribution is -2.21. The van der Waals surface area contributed by atoms with Crippen LogP contribution >= 0.6 is 0 Å². The molecule has 0 saturated carbocycles. The molecule has 0 heterocycles. The van der Waals surface area contributed by atoms with E-state index in [0.29, 0.717) is 6.42 Å². The van der Waals surface area contributed by atoms with Gasteiger partial charge in [0.05, 0.1) is 6.61 Å². The molecular weight excluding hydrogens is 172 g/mol. The van der Waals surface area contributed by atoms with Crippen LogP contribution in [0.5, 0.6) is 0 Å². The van der Waals surface area contributed by atoms with Crippen molar-refractivity contribution in [1.29, 1.82) is 0 Å². The number of unbranched alkanes of at least 4 members (excludes halogenated alkanes) is 2. The highest BCUT2D eigenvalue weighted by molar-refractivity contribution is 5.69. The lowest BCUT2D eigenvalue weighted by atomic mass is 10.2. The summed E-state index contributed by atoms with van der Waals surface area (Å²) in [6.45, 7) is 3.14. The fourth-order valence-electron chi connectivity index (χ4n) is 0.760. The Balaban J connectivity index is 3.30. The Morgan fingerprint density at radius 2 is 2.15 bits per heavy atom. The maximum Gasteiger partial charge on any atom is 0.305 e. The minimum absolute atomic E-state index is 0.125. The Hall–Kier alpha value is -0.610. The smallest absolute Gasteiger partial charge is 0.305 e. The fourth-order valence-corrected chi connectivity index (χ4v) is 0.760. The average molecular weight is 189 g/mol. The predicted octanol–water partition coefficient (Wildman–Crippen LogP) is 0.277. The second-order valence-corrected chi connectivity index (χ2v) is 2.83. The van der Waals surface area contributed by atoms with Crippen molar-refractivity contribution in [3.63, 3.8) is 0 Å². The van der Waals surface area contributed by atoms with Crippen molar-refractivity contribution >= 4 is 5.97 Å². The van der Waals surface area contributed by atoms with E-state index in [4.69, 9.17) is 10.2 Å². The topological polar surface area (TPSA) is 66.8 Å². The van der Waals surface area contributed by atoms with E-state index in [9.17, 15) is 4.79 Å². The Kier molecular flexibility index (Phi) is 7.63. The lowest BCUT2D eigenvalue weighted by Gasteiger charge is -2.08. The molecule has 0 fully saturated rings. The second-order valence-electron chi connectivity index (χ2n) is 2.83. The molecule has 0 unspecified atom stereocenters. The maximum absolute atomic E-state index is 10.9. The Labute approximate surface area is 78.5 Å². The van der Waals surface area contributed by atoms with Crippen molar-refractivity contribution in [3.8, 4) is 0 Å². The summed E-state index contributed by atoms with van der Waals surface area (Å²) in [4.78, 5) is 10.9. The van der Waals surface area contributed by atoms with Crippen molar-refractivity contribution in [2.45, 2.75) is 31.8 Å². The van der Waals surface area contributed by atoms with Gasteiger partial charge >= 0.3 is 5.97 Å². The van der Waals surface area contributed by atoms with Crippen molar-refractivity contribution in [3.05, 3.63) is 6.92 Å². The van der Waals surface area contributed by atoms with Crippen LogP contribution in [-0.2, 0) is 9.53 Å². The van der Waals surface area contributed by atoms with Crippen LogP contribution < -0.4 is 0 Å². The molecule has 0 aliphatic heterocycles. The van der Waals surface area contributed by atoms with Gasteiger partial charge in [-0.25, -0.2) is 0 Å². The first-order valence-corrected chi connectivity index (χ1v) is 4.44. The average Bonchev–Trinajstić information content (AvgIpc) is 2.14. The molecule has 4 heteroatoms. The van der Waals surface area contributed by atoms with E-state index in [0.717, 1.165) is 19.3 Å². The third-order valence-electron chi connectivity index (χ3n) is 1.53. The largest absolute Gasteiger partial charge is 0.463 e. The van der Waals surface area contributed by atoms with Gasteiger partial charge in [0.25, 0.3) is 0 Å². The second kappa shape index (κ2) is 8.01. The molecule has 0 spiro atoms. The van der Waals surface area contributed by atoms with Gasteiger partial charge in [-0.3, -0.25) is 4.79 Å². The van der Waals surface area contributed by atoms with Crippen LogP contribution in [0.25, 0.3) is 0 Å². The van der Waals surface area contributed by atoms with E-state index < -0.39 is 6.10 Å². The molecule has 0 aromatic rings. The molecule has 0 aliphatic rings. The van der Waals surface area contributed by atoms with Gasteiger partial charge in [-0.1, -0.05) is 6.42 Å². The minimum atomic E-state index is -0.961. The summed E-state index contributed by atoms with van der Waals surface area (Å²) in [7, 11) is 0. The number of hydrogen-bond acceptors (Lipinski definition) is 4. The van der Waals surface area contributed by atoms with Crippen molar-refractivity contribution < 1.29 is 19.7 Å². The lowest BCUT2D eigenvalue weighted by molar-refractivity contribution is -0.147. The SMILES string of the molecule is [CH2-]CCCCC(=O)OC[C@H](O)CO. The molecule has 0 aliphatic carbocycles. The number of carbonyl (C=O) groups excluding carboxylic acids is 1. The molecule has 1 atom stereocenters. The third-order valence-corrected chi connectivity index (χ3v) is 1.53. The molecule has 0 radical (unpaired) electrons. The molecule has 78 valence electrons. The van der Waals surface area contributed by atoms with Crippen LogP contribution in [0.15, 0.2) is 0 Å². The minimum Gasteiger partial charge on any atom is -0.463 e. The van der Waals surface area contributed by atoms with Crippen LogP contribution in [0.4, 0.5) is 0 Å². The summed E-state index contributed by atoms with van der Waals surface area (Å²) in [6.07, 6.45) is 1.87. The number of ether oxygens (including phenoxy) is 1. The predicted molar refractivity (Wildman–Crippen MR) is 47.9 cm³/mol. The van der Waals surface area contributed by atoms with E-state index in [1.54, 1.807) is 0 Å². The Morgan fingerprint density at radius 3 is 2.69 bits per heavy atom. The molecule has 2 N–H and O–H groups in total. The number of carbonyl (C=O) groups is 1. The molecule has 0 aromatic heterocycles. The molecule has 0 bridgehead atoms. The molecule has 4 nitrogen and oxygen atoms in total. The normalized spacial score (nSPS) is 12.5. The van der Waals surface area contributed by atoms with Gasteiger partial charge in [0.1, 0.15) is 12.7 Å². The summed E-state index contributed by atoms with van der Waals surface area (Å²) < 4.78 is 4.67. The van der Waals surface area contributed by atoms with E-state index in [-0.39, 0.29) is 19.2 Å². The van der Waals surface area contributed by atoms with E-state index >= 15 is 0 Å². The van der Waals surface area contributed by atoms with Gasteiger partial charge in [-0.05, 0) is 6.42 Å². The van der Waals surface area contributed by atoms with Crippen LogP contribution in [0, 0.1) is 6.92 Å². The number of hydrogen-bond donors (Lipinski definition) is 2. The zero-order valence-corrected chi connectivity index (χ0v) is 7.74. The van der Waals surface area contributed by atoms with E-state index in [1.807, 2.05) is 0 Å². The molecule has 0 aromatic carbocycles. The Bertz CT molecular complexity index is 136. The quantitative estimate of drug-likeness (QED) is 0.343. The maximum atomic E-state index is 10.9. The fraction of sp³-hybridized carbons (Fsp3) is 0.778. The summed E-state index contributed by atoms with van der Waals surface area (Å²) in [6, 6.07) is 0. The van der Waals surface area contributed by atoms with Gasteiger partial charge < -0.3 is 21.9 Å². The van der Waals surface area contributed by atoms with Crippen molar-refractivity contribution in [1.82, 2.24) is 0 Å². The highest BCUT2D eigenvalue weighted by atomic mass is 16.5. The van der Waals surface area contributed by atoms with Gasteiger partial charge in [0.15, 0.2) is 0 Å². The molecule has 13 heavy (non-hydrogen) atoms. The molecule has 0 saturated heterocycles. The van der Waals surface area contributed by atoms with Gasteiger partial charge in [-0.15, -0.1) is 0 Å². The highest BCUT2D eigenvalue weighted by Crippen LogP contribution is 2.00. The number of esters is 1. The first-order valence-electron chi connectivity index (χ1n) is 4.44. The zero-order chi connectivity index (χ0) is 10.1. The summed E-state index contributed by atoms with van der Waals surface area (Å²) in [5.41, 5.74) is 0. The van der Waals surface area contributed by atoms with Crippen LogP contribution in [0.1, 0.15) is 25.7 Å². The monoisotopic (exact) mass is 189 g/mol. The van der Waals surface area contributed by atoms with Crippen LogP contribution in [0.2, 0.25) is 0 Å². The van der Waals surface area contributed by atoms with Crippen molar-refractivity contribution in [2.75, 3.05) is 13.2 Å². The highest BCUT2D eigenvalue weighted by Gasteiger charge is 2.06. The standard InChI is InChI=1S/C9H17O4/c1-2-3-4-5-9(12)13-7-8(11)6-10/h8,10-11H,1-7H2/q-1/t8-/m1/s1. The molecule has 0 amide bonds. The summed E-state index contributed by atoms with van der Waals surface area (Å²) >= 11 is 0. The van der Waals surface area contributed by atoms with Gasteiger partial charge in [0.2, 0.25) is 0 Å². The first kappa shape index (κ1) is 12.4. The summed E-state index contributed by atoms with van der Waals surface area (Å²) in [5.74, 6) is -0.332. The zero-order valence-electron chi connectivity index (χ0n) is 7.74. The summed E-state index contributed by atoms with van der Waals surface area (Å²) in [5, 5.41) is 17.3. The number of aliphatic hydroxyl groups excluding tert-OH is 2. The van der Waals surface area contributed by atoms with E-state index in [2.05, 4.69) is 11.7 Å². The van der Waals surface area contributed by atoms with E-state index in [1.165, 1.54) is 0 Å². The van der Waals surface area contributed by atoms with Crippen LogP contribution in [0.3, 0.4) is 0 Å². The third kappa shape index (κ3) is 7.74. The Morgan fingerprint density at radius 1 is 1.46 bits per heavy atom. The van der Waals surface area contributed by atoms with Crippen LogP contribution in [-0.4, -0.2) is 35.5 Å². The number of rotatable bonds is 7.